The maximum atomic E-state index is 11.7. The topological polar surface area (TPSA) is 55.1 Å². The Bertz CT molecular complexity index is 1790. The SMILES string of the molecule is CCC(CC)C(=O)/C=C(\O)C(CC)CC.Cn1c(-c2ccnc(-c3[c-]c4ccccc4c(C(C)(C)C)c3)c2)cc2ccccc21.[Ir]. The molecule has 5 aromatic rings. The van der Waals surface area contributed by atoms with E-state index in [1.54, 1.807) is 0 Å². The molecule has 0 aliphatic heterocycles. The fraction of sp³-hybridized carbons (Fsp3) is 0.366. The Hall–Kier alpha value is -3.53. The summed E-state index contributed by atoms with van der Waals surface area (Å²) in [4.78, 5) is 16.4. The summed E-state index contributed by atoms with van der Waals surface area (Å²) in [6, 6.07) is 29.4. The molecule has 0 bridgehead atoms. The third-order valence-corrected chi connectivity index (χ3v) is 8.95. The minimum absolute atomic E-state index is 0. The molecule has 2 aromatic heterocycles. The molecule has 0 unspecified atom stereocenters. The molecule has 3 aromatic carbocycles. The van der Waals surface area contributed by atoms with Gasteiger partial charge < -0.3 is 9.67 Å². The molecule has 5 rings (SSSR count). The van der Waals surface area contributed by atoms with Crippen LogP contribution in [-0.4, -0.2) is 20.4 Å². The monoisotopic (exact) mass is 794 g/mol. The van der Waals surface area contributed by atoms with E-state index in [-0.39, 0.29) is 48.9 Å². The molecule has 4 nitrogen and oxygen atoms in total. The van der Waals surface area contributed by atoms with Gasteiger partial charge in [0.15, 0.2) is 5.78 Å². The molecule has 245 valence electrons. The van der Waals surface area contributed by atoms with Crippen molar-refractivity contribution < 1.29 is 30.0 Å². The number of aryl methyl sites for hydroxylation is 1. The van der Waals surface area contributed by atoms with Crippen LogP contribution in [0.15, 0.2) is 90.8 Å². The summed E-state index contributed by atoms with van der Waals surface area (Å²) in [5.74, 6) is 0.547. The van der Waals surface area contributed by atoms with Gasteiger partial charge in [-0.05, 0) is 54.9 Å². The molecule has 1 radical (unpaired) electrons. The summed E-state index contributed by atoms with van der Waals surface area (Å²) < 4.78 is 2.25. The van der Waals surface area contributed by atoms with Crippen LogP contribution in [0, 0.1) is 17.9 Å². The van der Waals surface area contributed by atoms with Gasteiger partial charge in [-0.3, -0.25) is 9.78 Å². The van der Waals surface area contributed by atoms with E-state index in [9.17, 15) is 9.90 Å². The van der Waals surface area contributed by atoms with Gasteiger partial charge in [0.25, 0.3) is 0 Å². The van der Waals surface area contributed by atoms with Crippen molar-refractivity contribution in [3.63, 3.8) is 0 Å². The van der Waals surface area contributed by atoms with Crippen molar-refractivity contribution in [2.75, 3.05) is 0 Å². The Morgan fingerprint density at radius 3 is 2.15 bits per heavy atom. The number of hydrogen-bond acceptors (Lipinski definition) is 3. The molecule has 0 aliphatic carbocycles. The van der Waals surface area contributed by atoms with Crippen LogP contribution < -0.4 is 0 Å². The second-order valence-electron chi connectivity index (χ2n) is 13.0. The number of allylic oxidation sites excluding steroid dienone is 2. The van der Waals surface area contributed by atoms with Gasteiger partial charge in [-0.25, -0.2) is 0 Å². The number of aliphatic hydroxyl groups excluding tert-OH is 1. The van der Waals surface area contributed by atoms with E-state index in [1.165, 1.54) is 33.6 Å². The molecule has 0 aliphatic rings. The molecule has 0 fully saturated rings. The fourth-order valence-electron chi connectivity index (χ4n) is 6.07. The van der Waals surface area contributed by atoms with Gasteiger partial charge in [0, 0.05) is 73.6 Å². The van der Waals surface area contributed by atoms with Crippen molar-refractivity contribution in [3.8, 4) is 22.5 Å². The normalized spacial score (nSPS) is 11.9. The van der Waals surface area contributed by atoms with Crippen molar-refractivity contribution in [2.24, 2.45) is 18.9 Å². The van der Waals surface area contributed by atoms with E-state index in [2.05, 4.69) is 111 Å². The average Bonchev–Trinajstić information content (AvgIpc) is 3.38. The maximum Gasteiger partial charge on any atom is 0.162 e. The molecule has 0 atom stereocenters. The van der Waals surface area contributed by atoms with E-state index in [1.807, 2.05) is 33.9 Å². The van der Waals surface area contributed by atoms with Gasteiger partial charge in [-0.2, -0.15) is 0 Å². The predicted octanol–water partition coefficient (Wildman–Crippen LogP) is 11.0. The minimum Gasteiger partial charge on any atom is -0.512 e. The number of benzene rings is 3. The van der Waals surface area contributed by atoms with Crippen molar-refractivity contribution in [1.82, 2.24) is 9.55 Å². The summed E-state index contributed by atoms with van der Waals surface area (Å²) in [7, 11) is 2.12. The zero-order valence-corrected chi connectivity index (χ0v) is 31.0. The summed E-state index contributed by atoms with van der Waals surface area (Å²) in [5.41, 5.74) is 6.95. The van der Waals surface area contributed by atoms with E-state index >= 15 is 0 Å². The molecule has 1 N–H and O–H groups in total. The summed E-state index contributed by atoms with van der Waals surface area (Å²) in [6.07, 6.45) is 6.81. The first kappa shape index (κ1) is 36.9. The van der Waals surface area contributed by atoms with Gasteiger partial charge in [-0.1, -0.05) is 102 Å². The van der Waals surface area contributed by atoms with Crippen molar-refractivity contribution in [2.45, 2.75) is 79.6 Å². The van der Waals surface area contributed by atoms with E-state index in [0.717, 1.165) is 47.9 Å². The van der Waals surface area contributed by atoms with Gasteiger partial charge in [-0.15, -0.1) is 29.1 Å². The fourth-order valence-corrected chi connectivity index (χ4v) is 6.07. The number of para-hydroxylation sites is 1. The number of aromatic nitrogens is 2. The molecule has 0 amide bonds. The average molecular weight is 794 g/mol. The number of fused-ring (bicyclic) bond motifs is 2. The minimum atomic E-state index is 0. The maximum absolute atomic E-state index is 11.7. The van der Waals surface area contributed by atoms with E-state index in [0.29, 0.717) is 0 Å². The molecule has 2 heterocycles. The van der Waals surface area contributed by atoms with E-state index < -0.39 is 0 Å². The number of ketones is 1. The first-order valence-electron chi connectivity index (χ1n) is 16.4. The molecule has 5 heteroatoms. The van der Waals surface area contributed by atoms with Crippen LogP contribution >= 0.6 is 0 Å². The first-order valence-corrected chi connectivity index (χ1v) is 16.4. The van der Waals surface area contributed by atoms with Crippen LogP contribution in [-0.2, 0) is 37.4 Å². The Labute approximate surface area is 289 Å². The standard InChI is InChI=1S/C28H25N2.C13H24O2.Ir/c1-28(2,3)24-16-22(15-19-9-5-7-11-23(19)24)25-17-21(13-14-29-25)27-18-20-10-6-8-12-26(20)30(27)4;1-5-10(6-2)12(14)9-13(15)11(7-3)8-4;/h5-14,16-18H,1-4H3;9-11,14H,5-8H2,1-4H3;/q-1;;/b;12-9-;. The Morgan fingerprint density at radius 2 is 1.52 bits per heavy atom. The number of carbonyl (C=O) groups is 1. The number of rotatable bonds is 9. The first-order chi connectivity index (χ1) is 21.5. The number of aliphatic hydroxyl groups is 1. The number of hydrogen-bond donors (Lipinski definition) is 1. The summed E-state index contributed by atoms with van der Waals surface area (Å²) >= 11 is 0. The third-order valence-electron chi connectivity index (χ3n) is 8.95. The molecule has 0 saturated heterocycles. The van der Waals surface area contributed by atoms with Crippen LogP contribution in [0.1, 0.15) is 79.7 Å². The van der Waals surface area contributed by atoms with Crippen LogP contribution in [0.5, 0.6) is 0 Å². The zero-order valence-electron chi connectivity index (χ0n) is 28.6. The Morgan fingerprint density at radius 1 is 0.891 bits per heavy atom. The van der Waals surface area contributed by atoms with Crippen LogP contribution in [0.25, 0.3) is 44.2 Å². The molecule has 46 heavy (non-hydrogen) atoms. The Kier molecular flexibility index (Phi) is 13.1. The van der Waals surface area contributed by atoms with Crippen molar-refractivity contribution >= 4 is 27.5 Å². The van der Waals surface area contributed by atoms with Crippen LogP contribution in [0.3, 0.4) is 0 Å². The zero-order chi connectivity index (χ0) is 32.7. The van der Waals surface area contributed by atoms with Crippen LogP contribution in [0.2, 0.25) is 0 Å². The summed E-state index contributed by atoms with van der Waals surface area (Å²) in [5, 5.41) is 13.4. The van der Waals surface area contributed by atoms with Gasteiger partial charge in [0.1, 0.15) is 0 Å². The smallest absolute Gasteiger partial charge is 0.162 e. The second-order valence-corrected chi connectivity index (χ2v) is 13.0. The van der Waals surface area contributed by atoms with E-state index in [4.69, 9.17) is 4.98 Å². The van der Waals surface area contributed by atoms with Gasteiger partial charge in [0.05, 0.1) is 5.76 Å². The Balaban J connectivity index is 0.000000309. The molecular formula is C41H49IrN2O2-. The number of pyridine rings is 1. The molecular weight excluding hydrogens is 745 g/mol. The predicted molar refractivity (Wildman–Crippen MR) is 190 cm³/mol. The number of carbonyl (C=O) groups excluding carboxylic acids is 1. The third kappa shape index (κ3) is 8.43. The summed E-state index contributed by atoms with van der Waals surface area (Å²) in [6.45, 7) is 14.9. The van der Waals surface area contributed by atoms with Crippen molar-refractivity contribution in [3.05, 3.63) is 102 Å². The van der Waals surface area contributed by atoms with Gasteiger partial charge >= 0.3 is 0 Å². The quantitative estimate of drug-likeness (QED) is 0.0919. The largest absolute Gasteiger partial charge is 0.512 e. The van der Waals surface area contributed by atoms with Crippen molar-refractivity contribution in [1.29, 1.82) is 0 Å². The number of nitrogens with zero attached hydrogens (tertiary/aromatic N) is 2. The molecule has 0 saturated carbocycles. The van der Waals surface area contributed by atoms with Gasteiger partial charge in [0.2, 0.25) is 0 Å². The second kappa shape index (κ2) is 16.3. The molecule has 0 spiro atoms. The van der Waals surface area contributed by atoms with Crippen LogP contribution in [0.4, 0.5) is 0 Å².